The first-order valence-corrected chi connectivity index (χ1v) is 5.54. The number of amides is 1. The molecule has 2 N–H and O–H groups in total. The van der Waals surface area contributed by atoms with E-state index < -0.39 is 28.9 Å². The van der Waals surface area contributed by atoms with E-state index in [1.807, 2.05) is 6.07 Å². The van der Waals surface area contributed by atoms with E-state index in [0.717, 1.165) is 0 Å². The van der Waals surface area contributed by atoms with Gasteiger partial charge in [-0.15, -0.1) is 12.4 Å². The molecule has 98 valence electrons. The minimum absolute atomic E-state index is 0. The van der Waals surface area contributed by atoms with Crippen molar-refractivity contribution >= 4 is 30.9 Å². The highest BCUT2D eigenvalue weighted by Gasteiger charge is 2.40. The van der Waals surface area contributed by atoms with Gasteiger partial charge in [0.25, 0.3) is 0 Å². The highest BCUT2D eigenvalue weighted by Crippen LogP contribution is 2.24. The lowest BCUT2D eigenvalue weighted by molar-refractivity contribution is -0.133. The van der Waals surface area contributed by atoms with Crippen LogP contribution in [0.2, 0.25) is 0 Å². The lowest BCUT2D eigenvalue weighted by Crippen LogP contribution is -2.53. The van der Waals surface area contributed by atoms with Gasteiger partial charge in [-0.3, -0.25) is 4.79 Å². The number of alkyl halides is 1. The quantitative estimate of drug-likeness (QED) is 0.739. The van der Waals surface area contributed by atoms with Crippen LogP contribution >= 0.6 is 25.0 Å². The first kappa shape index (κ1) is 16.5. The van der Waals surface area contributed by atoms with Crippen LogP contribution in [0.3, 0.4) is 0 Å². The molecule has 0 radical (unpaired) electrons. The van der Waals surface area contributed by atoms with Gasteiger partial charge in [-0.2, -0.15) is 17.9 Å². The third-order valence-corrected chi connectivity index (χ3v) is 2.99. The van der Waals surface area contributed by atoms with Crippen LogP contribution < -0.4 is 5.73 Å². The van der Waals surface area contributed by atoms with Crippen LogP contribution in [-0.2, 0) is 4.79 Å². The molecule has 1 rings (SSSR count). The Kier molecular flexibility index (Phi) is 5.72. The van der Waals surface area contributed by atoms with Gasteiger partial charge >= 0.3 is 0 Å². The van der Waals surface area contributed by atoms with E-state index in [2.05, 4.69) is 12.6 Å². The summed E-state index contributed by atoms with van der Waals surface area (Å²) >= 11 is 4.21. The van der Waals surface area contributed by atoms with Gasteiger partial charge in [-0.25, -0.2) is 4.39 Å². The van der Waals surface area contributed by atoms with Gasteiger partial charge in [0, 0.05) is 11.2 Å². The molecule has 0 saturated carbocycles. The molecule has 0 spiro atoms. The zero-order valence-electron chi connectivity index (χ0n) is 9.76. The molecular weight excluding hydrogens is 265 g/mol. The number of carbonyl (C=O) groups is 1. The summed E-state index contributed by atoms with van der Waals surface area (Å²) in [5.74, 6) is -0.410. The van der Waals surface area contributed by atoms with E-state index in [4.69, 9.17) is 11.0 Å². The molecule has 0 aromatic carbocycles. The molecular formula is C10H17ClFN3OS. The molecule has 0 unspecified atom stereocenters. The molecule has 7 heteroatoms. The number of hydrogen-bond donors (Lipinski definition) is 2. The zero-order chi connectivity index (χ0) is 12.5. The first-order chi connectivity index (χ1) is 7.27. The number of nitrogens with two attached hydrogens (primary N) is 1. The molecule has 0 aliphatic carbocycles. The number of nitriles is 1. The molecule has 1 saturated heterocycles. The Hall–Kier alpha value is -0.510. The smallest absolute Gasteiger partial charge is 0.242 e. The zero-order valence-corrected chi connectivity index (χ0v) is 11.5. The van der Waals surface area contributed by atoms with Gasteiger partial charge in [-0.1, -0.05) is 0 Å². The first-order valence-electron chi connectivity index (χ1n) is 5.09. The fourth-order valence-corrected chi connectivity index (χ4v) is 1.74. The van der Waals surface area contributed by atoms with Crippen molar-refractivity contribution in [3.05, 3.63) is 0 Å². The van der Waals surface area contributed by atoms with Crippen LogP contribution in [0.15, 0.2) is 0 Å². The summed E-state index contributed by atoms with van der Waals surface area (Å²) in [5.41, 5.74) is 5.74. The van der Waals surface area contributed by atoms with E-state index in [-0.39, 0.29) is 25.4 Å². The van der Waals surface area contributed by atoms with Crippen molar-refractivity contribution in [2.24, 2.45) is 5.73 Å². The van der Waals surface area contributed by atoms with Crippen molar-refractivity contribution < 1.29 is 9.18 Å². The molecule has 0 aromatic rings. The maximum absolute atomic E-state index is 13.1. The molecule has 1 fully saturated rings. The fraction of sp³-hybridized carbons (Fsp3) is 0.800. The summed E-state index contributed by atoms with van der Waals surface area (Å²) in [5, 5.41) is 8.82. The van der Waals surface area contributed by atoms with Gasteiger partial charge < -0.3 is 10.6 Å². The fourth-order valence-electron chi connectivity index (χ4n) is 1.63. The number of likely N-dealkylation sites (tertiary alicyclic amines) is 1. The molecule has 0 bridgehead atoms. The minimum atomic E-state index is -1.14. The van der Waals surface area contributed by atoms with E-state index in [1.165, 1.54) is 4.90 Å². The van der Waals surface area contributed by atoms with E-state index in [1.54, 1.807) is 13.8 Å². The van der Waals surface area contributed by atoms with Crippen LogP contribution in [0.1, 0.15) is 20.3 Å². The van der Waals surface area contributed by atoms with Crippen molar-refractivity contribution in [3.63, 3.8) is 0 Å². The molecule has 1 amide bonds. The monoisotopic (exact) mass is 281 g/mol. The van der Waals surface area contributed by atoms with Gasteiger partial charge in [0.05, 0.1) is 18.7 Å². The number of thiol groups is 1. The van der Waals surface area contributed by atoms with Crippen molar-refractivity contribution in [2.45, 2.75) is 43.3 Å². The molecule has 4 nitrogen and oxygen atoms in total. The van der Waals surface area contributed by atoms with Crippen LogP contribution in [0.4, 0.5) is 4.39 Å². The molecule has 1 heterocycles. The Bertz CT molecular complexity index is 328. The summed E-state index contributed by atoms with van der Waals surface area (Å²) in [7, 11) is 0. The Labute approximate surface area is 112 Å². The van der Waals surface area contributed by atoms with E-state index in [0.29, 0.717) is 0 Å². The molecule has 1 aliphatic heterocycles. The van der Waals surface area contributed by atoms with Crippen LogP contribution in [0.25, 0.3) is 0 Å². The van der Waals surface area contributed by atoms with Gasteiger partial charge in [0.15, 0.2) is 0 Å². The highest BCUT2D eigenvalue weighted by molar-refractivity contribution is 7.81. The maximum Gasteiger partial charge on any atom is 0.242 e. The summed E-state index contributed by atoms with van der Waals surface area (Å²) in [6, 6.07) is 0.376. The number of nitrogens with zero attached hydrogens (tertiary/aromatic N) is 2. The molecule has 17 heavy (non-hydrogen) atoms. The van der Waals surface area contributed by atoms with E-state index in [9.17, 15) is 9.18 Å². The topological polar surface area (TPSA) is 70.1 Å². The van der Waals surface area contributed by atoms with Crippen LogP contribution in [0, 0.1) is 11.3 Å². The standard InChI is InChI=1S/C10H16FN3OS.ClH/c1-10(2,16)8(13)9(15)14-5-6(11)3-7(14)4-12;/h6-8,16H,3,5,13H2,1-2H3;1H/t6-,7-,8+;/m0./s1. The summed E-state index contributed by atoms with van der Waals surface area (Å²) in [6.45, 7) is 3.38. The second-order valence-corrected chi connectivity index (χ2v) is 5.75. The van der Waals surface area contributed by atoms with Gasteiger partial charge in [0.1, 0.15) is 12.2 Å². The van der Waals surface area contributed by atoms with Gasteiger partial charge in [-0.05, 0) is 13.8 Å². The normalized spacial score (nSPS) is 26.0. The number of halogens is 2. The highest BCUT2D eigenvalue weighted by atomic mass is 35.5. The average Bonchev–Trinajstić information content (AvgIpc) is 2.55. The lowest BCUT2D eigenvalue weighted by Gasteiger charge is -2.30. The maximum atomic E-state index is 13.1. The number of hydrogen-bond acceptors (Lipinski definition) is 4. The second-order valence-electron chi connectivity index (χ2n) is 4.60. The lowest BCUT2D eigenvalue weighted by atomic mass is 10.0. The summed E-state index contributed by atoms with van der Waals surface area (Å²) in [6.07, 6.45) is -1.06. The predicted octanol–water partition coefficient (Wildman–Crippen LogP) is 0.906. The third kappa shape index (κ3) is 3.73. The Morgan fingerprint density at radius 1 is 1.71 bits per heavy atom. The summed E-state index contributed by atoms with van der Waals surface area (Å²) < 4.78 is 12.4. The predicted molar refractivity (Wildman–Crippen MR) is 68.9 cm³/mol. The Morgan fingerprint density at radius 3 is 2.65 bits per heavy atom. The largest absolute Gasteiger partial charge is 0.322 e. The molecule has 3 atom stereocenters. The van der Waals surface area contributed by atoms with Crippen molar-refractivity contribution in [3.8, 4) is 6.07 Å². The SMILES string of the molecule is CC(C)(S)[C@H](N)C(=O)N1C[C@@H](F)C[C@H]1C#N.Cl. The average molecular weight is 282 g/mol. The number of carbonyl (C=O) groups excluding carboxylic acids is 1. The molecule has 1 aliphatic rings. The van der Waals surface area contributed by atoms with E-state index >= 15 is 0 Å². The van der Waals surface area contributed by atoms with Crippen LogP contribution in [-0.4, -0.2) is 40.4 Å². The van der Waals surface area contributed by atoms with Crippen molar-refractivity contribution in [1.82, 2.24) is 4.90 Å². The van der Waals surface area contributed by atoms with Gasteiger partial charge in [0.2, 0.25) is 5.91 Å². The second kappa shape index (κ2) is 5.89. The Balaban J connectivity index is 0.00000256. The minimum Gasteiger partial charge on any atom is -0.322 e. The van der Waals surface area contributed by atoms with Crippen molar-refractivity contribution in [2.75, 3.05) is 6.54 Å². The van der Waals surface area contributed by atoms with Crippen LogP contribution in [0.5, 0.6) is 0 Å². The Morgan fingerprint density at radius 2 is 2.24 bits per heavy atom. The third-order valence-electron chi connectivity index (χ3n) is 2.71. The number of rotatable bonds is 2. The van der Waals surface area contributed by atoms with Crippen molar-refractivity contribution in [1.29, 1.82) is 5.26 Å². The molecule has 0 aromatic heterocycles. The summed E-state index contributed by atoms with van der Waals surface area (Å²) in [4.78, 5) is 13.2.